The van der Waals surface area contributed by atoms with Gasteiger partial charge < -0.3 is 10.2 Å². The highest BCUT2D eigenvalue weighted by molar-refractivity contribution is 5.95. The Bertz CT molecular complexity index is 644. The number of carbonyl (C=O) groups excluding carboxylic acids is 2. The molecule has 2 rings (SSSR count). The molecule has 6 nitrogen and oxygen atoms in total. The highest BCUT2D eigenvalue weighted by Crippen LogP contribution is 2.31. The summed E-state index contributed by atoms with van der Waals surface area (Å²) in [4.78, 5) is 27.2. The summed E-state index contributed by atoms with van der Waals surface area (Å²) in [6.07, 6.45) is -2.57. The summed E-state index contributed by atoms with van der Waals surface area (Å²) in [6, 6.07) is 4.74. The van der Waals surface area contributed by atoms with Crippen molar-refractivity contribution in [2.24, 2.45) is 0 Å². The predicted octanol–water partition coefficient (Wildman–Crippen LogP) is 2.45. The fraction of sp³-hybridized carbons (Fsp3) is 0.556. The van der Waals surface area contributed by atoms with Crippen LogP contribution in [0.3, 0.4) is 0 Å². The topological polar surface area (TPSA) is 64.7 Å². The van der Waals surface area contributed by atoms with Crippen LogP contribution in [0.2, 0.25) is 0 Å². The van der Waals surface area contributed by atoms with Gasteiger partial charge in [0.05, 0.1) is 12.1 Å². The third kappa shape index (κ3) is 6.74. The van der Waals surface area contributed by atoms with Gasteiger partial charge in [-0.05, 0) is 24.6 Å². The average Bonchev–Trinajstić information content (AvgIpc) is 2.62. The molecule has 0 atom stereocenters. The van der Waals surface area contributed by atoms with Gasteiger partial charge in [-0.3, -0.25) is 15.0 Å². The number of alkyl halides is 3. The van der Waals surface area contributed by atoms with Crippen LogP contribution in [-0.4, -0.2) is 56.1 Å². The molecule has 0 radical (unpaired) electrons. The third-order valence-electron chi connectivity index (χ3n) is 4.35. The van der Waals surface area contributed by atoms with E-state index in [1.807, 2.05) is 16.7 Å². The quantitative estimate of drug-likeness (QED) is 0.738. The van der Waals surface area contributed by atoms with Crippen molar-refractivity contribution in [3.63, 3.8) is 0 Å². The van der Waals surface area contributed by atoms with Gasteiger partial charge in [0.15, 0.2) is 0 Å². The van der Waals surface area contributed by atoms with Gasteiger partial charge in [-0.2, -0.15) is 13.2 Å². The summed E-state index contributed by atoms with van der Waals surface area (Å²) in [7, 11) is 0. The first kappa shape index (κ1) is 21.0. The third-order valence-corrected chi connectivity index (χ3v) is 4.35. The van der Waals surface area contributed by atoms with Crippen LogP contribution >= 0.6 is 0 Å². The van der Waals surface area contributed by atoms with E-state index in [0.717, 1.165) is 25.0 Å². The zero-order valence-electron chi connectivity index (χ0n) is 15.3. The fourth-order valence-corrected chi connectivity index (χ4v) is 2.84. The fourth-order valence-electron chi connectivity index (χ4n) is 2.84. The number of hydrogen-bond acceptors (Lipinski definition) is 4. The molecule has 1 fully saturated rings. The standard InChI is InChI=1S/C18H25F3N4O2/c1-2-3-7-22-17(27)23-16(26)13-24-8-10-25(11-9-24)15-6-4-5-14(12-15)18(19,20)21/h4-6,12H,2-3,7-11,13H2,1H3,(H2,22,23,26,27). The number of unbranched alkanes of at least 4 members (excludes halogenated alkanes) is 1. The second-order valence-corrected chi connectivity index (χ2v) is 6.47. The number of nitrogens with zero attached hydrogens (tertiary/aromatic N) is 2. The molecular formula is C18H25F3N4O2. The van der Waals surface area contributed by atoms with E-state index in [-0.39, 0.29) is 6.54 Å². The minimum absolute atomic E-state index is 0.0810. The van der Waals surface area contributed by atoms with Crippen molar-refractivity contribution in [3.8, 4) is 0 Å². The van der Waals surface area contributed by atoms with Crippen LogP contribution in [0, 0.1) is 0 Å². The molecule has 1 aliphatic rings. The van der Waals surface area contributed by atoms with Gasteiger partial charge in [0.25, 0.3) is 0 Å². The summed E-state index contributed by atoms with van der Waals surface area (Å²) >= 11 is 0. The molecule has 0 spiro atoms. The molecule has 0 unspecified atom stereocenters. The summed E-state index contributed by atoms with van der Waals surface area (Å²) in [5.41, 5.74) is -0.153. The smallest absolute Gasteiger partial charge is 0.369 e. The average molecular weight is 386 g/mol. The molecule has 27 heavy (non-hydrogen) atoms. The number of nitrogens with one attached hydrogen (secondary N) is 2. The summed E-state index contributed by atoms with van der Waals surface area (Å²) in [5, 5.41) is 4.89. The van der Waals surface area contributed by atoms with Gasteiger partial charge in [0.1, 0.15) is 0 Å². The number of urea groups is 1. The second kappa shape index (κ2) is 9.59. The van der Waals surface area contributed by atoms with Crippen LogP contribution in [0.15, 0.2) is 24.3 Å². The number of anilines is 1. The first-order valence-corrected chi connectivity index (χ1v) is 9.02. The molecule has 2 N–H and O–H groups in total. The number of rotatable bonds is 6. The van der Waals surface area contributed by atoms with Crippen molar-refractivity contribution in [2.45, 2.75) is 25.9 Å². The van der Waals surface area contributed by atoms with Crippen molar-refractivity contribution >= 4 is 17.6 Å². The summed E-state index contributed by atoms with van der Waals surface area (Å²) in [6.45, 7) is 4.68. The molecule has 0 saturated carbocycles. The van der Waals surface area contributed by atoms with Crippen LogP contribution in [0.1, 0.15) is 25.3 Å². The lowest BCUT2D eigenvalue weighted by Crippen LogP contribution is -2.51. The van der Waals surface area contributed by atoms with E-state index in [2.05, 4.69) is 10.6 Å². The highest BCUT2D eigenvalue weighted by atomic mass is 19.4. The maximum Gasteiger partial charge on any atom is 0.416 e. The second-order valence-electron chi connectivity index (χ2n) is 6.47. The lowest BCUT2D eigenvalue weighted by atomic mass is 10.1. The molecule has 1 aromatic rings. The van der Waals surface area contributed by atoms with Gasteiger partial charge in [-0.25, -0.2) is 4.79 Å². The molecule has 3 amide bonds. The Morgan fingerprint density at radius 1 is 1.15 bits per heavy atom. The molecule has 9 heteroatoms. The van der Waals surface area contributed by atoms with Gasteiger partial charge in [-0.1, -0.05) is 19.4 Å². The van der Waals surface area contributed by atoms with E-state index in [1.165, 1.54) is 6.07 Å². The molecular weight excluding hydrogens is 361 g/mol. The highest BCUT2D eigenvalue weighted by Gasteiger charge is 2.31. The van der Waals surface area contributed by atoms with Crippen LogP contribution in [0.5, 0.6) is 0 Å². The SMILES string of the molecule is CCCCNC(=O)NC(=O)CN1CCN(c2cccc(C(F)(F)F)c2)CC1. The molecule has 1 aliphatic heterocycles. The zero-order valence-corrected chi connectivity index (χ0v) is 15.3. The number of piperazine rings is 1. The normalized spacial score (nSPS) is 15.5. The van der Waals surface area contributed by atoms with E-state index in [1.54, 1.807) is 6.07 Å². The van der Waals surface area contributed by atoms with Gasteiger partial charge in [0.2, 0.25) is 5.91 Å². The molecule has 0 bridgehead atoms. The van der Waals surface area contributed by atoms with Crippen LogP contribution in [-0.2, 0) is 11.0 Å². The van der Waals surface area contributed by atoms with Crippen molar-refractivity contribution in [3.05, 3.63) is 29.8 Å². The number of hydrogen-bond donors (Lipinski definition) is 2. The van der Waals surface area contributed by atoms with Crippen molar-refractivity contribution in [2.75, 3.05) is 44.2 Å². The van der Waals surface area contributed by atoms with E-state index >= 15 is 0 Å². The molecule has 1 heterocycles. The number of amides is 3. The molecule has 0 aromatic heterocycles. The summed E-state index contributed by atoms with van der Waals surface area (Å²) < 4.78 is 38.5. The number of halogens is 3. The van der Waals surface area contributed by atoms with Crippen molar-refractivity contribution in [1.29, 1.82) is 0 Å². The van der Waals surface area contributed by atoms with E-state index < -0.39 is 23.7 Å². The van der Waals surface area contributed by atoms with Crippen molar-refractivity contribution < 1.29 is 22.8 Å². The predicted molar refractivity (Wildman–Crippen MR) is 96.5 cm³/mol. The Morgan fingerprint density at radius 3 is 2.48 bits per heavy atom. The van der Waals surface area contributed by atoms with E-state index in [4.69, 9.17) is 0 Å². The van der Waals surface area contributed by atoms with Crippen LogP contribution in [0.25, 0.3) is 0 Å². The molecule has 1 aromatic carbocycles. The lowest BCUT2D eigenvalue weighted by Gasteiger charge is -2.35. The Hall–Kier alpha value is -2.29. The Balaban J connectivity index is 1.78. The number of benzene rings is 1. The Morgan fingerprint density at radius 2 is 1.85 bits per heavy atom. The molecule has 150 valence electrons. The zero-order chi connectivity index (χ0) is 19.9. The monoisotopic (exact) mass is 386 g/mol. The first-order chi connectivity index (χ1) is 12.8. The first-order valence-electron chi connectivity index (χ1n) is 9.02. The molecule has 0 aliphatic carbocycles. The molecule has 1 saturated heterocycles. The van der Waals surface area contributed by atoms with Crippen LogP contribution < -0.4 is 15.5 Å². The maximum absolute atomic E-state index is 12.8. The summed E-state index contributed by atoms with van der Waals surface area (Å²) in [5.74, 6) is -0.392. The Labute approximate surface area is 156 Å². The minimum Gasteiger partial charge on any atom is -0.369 e. The van der Waals surface area contributed by atoms with Gasteiger partial charge >= 0.3 is 12.2 Å². The minimum atomic E-state index is -4.37. The lowest BCUT2D eigenvalue weighted by molar-refractivity contribution is -0.137. The van der Waals surface area contributed by atoms with E-state index in [9.17, 15) is 22.8 Å². The number of imide groups is 1. The largest absolute Gasteiger partial charge is 0.416 e. The maximum atomic E-state index is 12.8. The van der Waals surface area contributed by atoms with Gasteiger partial charge in [-0.15, -0.1) is 0 Å². The van der Waals surface area contributed by atoms with E-state index in [0.29, 0.717) is 38.4 Å². The van der Waals surface area contributed by atoms with Crippen LogP contribution in [0.4, 0.5) is 23.7 Å². The van der Waals surface area contributed by atoms with Gasteiger partial charge in [0, 0.05) is 38.4 Å². The van der Waals surface area contributed by atoms with Crippen molar-refractivity contribution in [1.82, 2.24) is 15.5 Å². The number of carbonyl (C=O) groups is 2. The Kier molecular flexibility index (Phi) is 7.46.